The summed E-state index contributed by atoms with van der Waals surface area (Å²) in [6, 6.07) is 15.4. The minimum atomic E-state index is -1.26. The van der Waals surface area contributed by atoms with Gasteiger partial charge in [-0.2, -0.15) is 5.26 Å². The highest BCUT2D eigenvalue weighted by Gasteiger charge is 2.44. The molecule has 1 N–H and O–H groups in total. The van der Waals surface area contributed by atoms with Crippen LogP contribution in [0, 0.1) is 17.2 Å². The summed E-state index contributed by atoms with van der Waals surface area (Å²) in [6.45, 7) is 0.269. The lowest BCUT2D eigenvalue weighted by Crippen LogP contribution is -2.44. The molecule has 10 heteroatoms. The molecular weight excluding hydrogens is 480 g/mol. The number of nitrogens with one attached hydrogen (secondary N) is 1. The highest BCUT2D eigenvalue weighted by molar-refractivity contribution is 8.03. The number of allylic oxidation sites excluding steroid dienone is 1. The topological polar surface area (TPSA) is 115 Å². The number of carbonyl (C=O) groups excluding carboxylic acids is 3. The van der Waals surface area contributed by atoms with Gasteiger partial charge in [0.05, 0.1) is 48.1 Å². The molecule has 0 spiro atoms. The van der Waals surface area contributed by atoms with Crippen LogP contribution in [-0.2, 0) is 19.1 Å². The maximum absolute atomic E-state index is 12.9. The van der Waals surface area contributed by atoms with E-state index in [1.54, 1.807) is 36.4 Å². The monoisotopic (exact) mass is 500 g/mol. The number of hydrogen-bond acceptors (Lipinski definition) is 8. The Hall–Kier alpha value is -3.48. The van der Waals surface area contributed by atoms with E-state index in [0.717, 1.165) is 0 Å². The summed E-state index contributed by atoms with van der Waals surface area (Å²) in [4.78, 5) is 37.1. The van der Waals surface area contributed by atoms with Gasteiger partial charge in [-0.1, -0.05) is 35.9 Å². The molecule has 8 nitrogen and oxygen atoms in total. The van der Waals surface area contributed by atoms with Crippen molar-refractivity contribution in [1.82, 2.24) is 5.32 Å². The lowest BCUT2D eigenvalue weighted by Gasteiger charge is -2.31. The lowest BCUT2D eigenvalue weighted by atomic mass is 9.78. The number of carbonyl (C=O) groups is 3. The first kappa shape index (κ1) is 25.1. The summed E-state index contributed by atoms with van der Waals surface area (Å²) >= 11 is 7.31. The molecule has 176 valence electrons. The molecule has 0 fully saturated rings. The summed E-state index contributed by atoms with van der Waals surface area (Å²) in [6.07, 6.45) is 0. The van der Waals surface area contributed by atoms with E-state index in [4.69, 9.17) is 25.8 Å². The van der Waals surface area contributed by atoms with E-state index in [2.05, 4.69) is 11.4 Å². The van der Waals surface area contributed by atoms with Crippen molar-refractivity contribution in [3.05, 3.63) is 75.3 Å². The quantitative estimate of drug-likeness (QED) is 0.331. The van der Waals surface area contributed by atoms with Crippen LogP contribution < -0.4 is 10.1 Å². The molecule has 0 radical (unpaired) electrons. The Balaban J connectivity index is 1.87. The maximum Gasteiger partial charge on any atom is 0.337 e. The lowest BCUT2D eigenvalue weighted by molar-refractivity contribution is -0.150. The van der Waals surface area contributed by atoms with E-state index < -0.39 is 29.7 Å². The SMILES string of the molecule is COC(=O)c1ccc([C@@H]2C(C#N)=C(SCCOc3ccccc3Cl)NC(=O)[C@@H]2C(=O)OC)cc1. The molecule has 0 aliphatic carbocycles. The van der Waals surface area contributed by atoms with E-state index in [1.807, 2.05) is 0 Å². The van der Waals surface area contributed by atoms with Gasteiger partial charge >= 0.3 is 11.9 Å². The Labute approximate surface area is 205 Å². The zero-order chi connectivity index (χ0) is 24.7. The molecule has 1 aliphatic heterocycles. The number of ether oxygens (including phenoxy) is 3. The van der Waals surface area contributed by atoms with Crippen molar-refractivity contribution in [3.63, 3.8) is 0 Å². The summed E-state index contributed by atoms with van der Waals surface area (Å²) in [7, 11) is 2.45. The number of benzene rings is 2. The molecule has 0 aromatic heterocycles. The van der Waals surface area contributed by atoms with E-state index in [0.29, 0.717) is 32.7 Å². The van der Waals surface area contributed by atoms with Gasteiger partial charge in [0.25, 0.3) is 0 Å². The second kappa shape index (κ2) is 11.6. The minimum Gasteiger partial charge on any atom is -0.491 e. The van der Waals surface area contributed by atoms with Gasteiger partial charge in [0.1, 0.15) is 11.7 Å². The predicted molar refractivity (Wildman–Crippen MR) is 126 cm³/mol. The second-order valence-electron chi connectivity index (χ2n) is 7.06. The molecule has 0 unspecified atom stereocenters. The van der Waals surface area contributed by atoms with Crippen LogP contribution in [0.4, 0.5) is 0 Å². The van der Waals surface area contributed by atoms with Crippen LogP contribution in [0.2, 0.25) is 5.02 Å². The van der Waals surface area contributed by atoms with E-state index in [1.165, 1.54) is 38.1 Å². The van der Waals surface area contributed by atoms with Gasteiger partial charge in [-0.3, -0.25) is 9.59 Å². The van der Waals surface area contributed by atoms with Crippen molar-refractivity contribution >= 4 is 41.2 Å². The Morgan fingerprint density at radius 2 is 1.82 bits per heavy atom. The van der Waals surface area contributed by atoms with Crippen molar-refractivity contribution in [3.8, 4) is 11.8 Å². The Morgan fingerprint density at radius 1 is 1.12 bits per heavy atom. The van der Waals surface area contributed by atoms with Gasteiger partial charge in [-0.25, -0.2) is 4.79 Å². The molecule has 3 rings (SSSR count). The number of esters is 2. The fourth-order valence-corrected chi connectivity index (χ4v) is 4.54. The smallest absolute Gasteiger partial charge is 0.337 e. The number of amides is 1. The number of nitriles is 1. The molecule has 2 aromatic carbocycles. The summed E-state index contributed by atoms with van der Waals surface area (Å²) in [5.74, 6) is -3.08. The van der Waals surface area contributed by atoms with Crippen molar-refractivity contribution in [1.29, 1.82) is 5.26 Å². The molecule has 0 saturated heterocycles. The van der Waals surface area contributed by atoms with Crippen LogP contribution in [0.25, 0.3) is 0 Å². The van der Waals surface area contributed by atoms with E-state index in [-0.39, 0.29) is 12.2 Å². The van der Waals surface area contributed by atoms with Gasteiger partial charge < -0.3 is 19.5 Å². The first-order chi connectivity index (χ1) is 16.4. The van der Waals surface area contributed by atoms with Gasteiger partial charge in [0.2, 0.25) is 5.91 Å². The van der Waals surface area contributed by atoms with Crippen molar-refractivity contribution in [2.45, 2.75) is 5.92 Å². The third-order valence-electron chi connectivity index (χ3n) is 5.10. The molecule has 1 aliphatic rings. The molecule has 0 bridgehead atoms. The van der Waals surface area contributed by atoms with Gasteiger partial charge in [-0.05, 0) is 29.8 Å². The van der Waals surface area contributed by atoms with Crippen LogP contribution in [0.1, 0.15) is 21.8 Å². The zero-order valence-corrected chi connectivity index (χ0v) is 19.9. The van der Waals surface area contributed by atoms with Gasteiger partial charge in [0, 0.05) is 11.7 Å². The molecular formula is C24H21ClN2O6S. The van der Waals surface area contributed by atoms with Crippen molar-refractivity contribution in [2.75, 3.05) is 26.6 Å². The van der Waals surface area contributed by atoms with Crippen LogP contribution in [-0.4, -0.2) is 44.4 Å². The average Bonchev–Trinajstić information content (AvgIpc) is 2.86. The Bertz CT molecular complexity index is 1160. The number of methoxy groups -OCH3 is 2. The number of halogens is 1. The molecule has 1 amide bonds. The standard InChI is InChI=1S/C24H21ClN2O6S/c1-31-23(29)15-9-7-14(8-10-15)19-16(13-26)22(27-21(28)20(19)24(30)32-2)34-12-11-33-18-6-4-3-5-17(18)25/h3-10,19-20H,11-12H2,1-2H3,(H,27,28)/t19-,20-/m1/s1. The second-order valence-corrected chi connectivity index (χ2v) is 8.58. The van der Waals surface area contributed by atoms with Crippen LogP contribution in [0.3, 0.4) is 0 Å². The molecule has 2 aromatic rings. The third-order valence-corrected chi connectivity index (χ3v) is 6.39. The average molecular weight is 501 g/mol. The van der Waals surface area contributed by atoms with Crippen LogP contribution in [0.15, 0.2) is 59.1 Å². The van der Waals surface area contributed by atoms with Gasteiger partial charge in [0.15, 0.2) is 0 Å². The highest BCUT2D eigenvalue weighted by Crippen LogP contribution is 2.40. The summed E-state index contributed by atoms with van der Waals surface area (Å²) in [5.41, 5.74) is 1.03. The number of nitrogens with zero attached hydrogens (tertiary/aromatic N) is 1. The predicted octanol–water partition coefficient (Wildman–Crippen LogP) is 3.68. The largest absolute Gasteiger partial charge is 0.491 e. The Morgan fingerprint density at radius 3 is 2.44 bits per heavy atom. The summed E-state index contributed by atoms with van der Waals surface area (Å²) < 4.78 is 15.2. The minimum absolute atomic E-state index is 0.212. The first-order valence-electron chi connectivity index (χ1n) is 10.1. The highest BCUT2D eigenvalue weighted by atomic mass is 35.5. The molecule has 1 heterocycles. The van der Waals surface area contributed by atoms with Crippen molar-refractivity contribution in [2.24, 2.45) is 5.92 Å². The van der Waals surface area contributed by atoms with Crippen LogP contribution in [0.5, 0.6) is 5.75 Å². The van der Waals surface area contributed by atoms with E-state index in [9.17, 15) is 19.6 Å². The maximum atomic E-state index is 12.9. The summed E-state index contributed by atoms with van der Waals surface area (Å²) in [5, 5.41) is 13.4. The normalized spacial score (nSPS) is 17.4. The van der Waals surface area contributed by atoms with Gasteiger partial charge in [-0.15, -0.1) is 11.8 Å². The third kappa shape index (κ3) is 5.53. The van der Waals surface area contributed by atoms with Crippen LogP contribution >= 0.6 is 23.4 Å². The molecule has 0 saturated carbocycles. The zero-order valence-electron chi connectivity index (χ0n) is 18.4. The number of hydrogen-bond donors (Lipinski definition) is 1. The van der Waals surface area contributed by atoms with Crippen molar-refractivity contribution < 1.29 is 28.6 Å². The fraction of sp³-hybridized carbons (Fsp3) is 0.250. The Kier molecular flexibility index (Phi) is 8.57. The fourth-order valence-electron chi connectivity index (χ4n) is 3.48. The molecule has 2 atom stereocenters. The molecule has 34 heavy (non-hydrogen) atoms. The number of rotatable bonds is 8. The number of thioether (sulfide) groups is 1. The number of para-hydroxylation sites is 1. The first-order valence-corrected chi connectivity index (χ1v) is 11.5. The van der Waals surface area contributed by atoms with E-state index >= 15 is 0 Å².